The maximum Gasteiger partial charge on any atom is 0.250 e. The van der Waals surface area contributed by atoms with Crippen LogP contribution in [0.3, 0.4) is 0 Å². The second-order valence-electron chi connectivity index (χ2n) is 9.76. The average molecular weight is 416 g/mol. The number of aromatic amines is 1. The van der Waals surface area contributed by atoms with E-state index in [9.17, 15) is 4.79 Å². The van der Waals surface area contributed by atoms with Gasteiger partial charge in [-0.25, -0.2) is 9.97 Å². The Labute approximate surface area is 182 Å². The van der Waals surface area contributed by atoms with Crippen molar-refractivity contribution in [2.45, 2.75) is 52.0 Å². The normalized spacial score (nSPS) is 16.9. The molecule has 0 saturated heterocycles. The summed E-state index contributed by atoms with van der Waals surface area (Å²) in [5.41, 5.74) is 6.10. The van der Waals surface area contributed by atoms with E-state index in [0.717, 1.165) is 34.5 Å². The molecule has 6 heteroatoms. The maximum absolute atomic E-state index is 13.7. The highest BCUT2D eigenvalue weighted by atomic mass is 16.2. The van der Waals surface area contributed by atoms with Crippen LogP contribution in [0.2, 0.25) is 0 Å². The molecule has 1 aliphatic carbocycles. The summed E-state index contributed by atoms with van der Waals surface area (Å²) in [6, 6.07) is 7.73. The number of hydrogen-bond acceptors (Lipinski definition) is 4. The number of nitrogens with one attached hydrogen (secondary N) is 2. The largest absolute Gasteiger partial charge is 0.373 e. The number of nitrogens with zero attached hydrogens (tertiary/aromatic N) is 3. The Morgan fingerprint density at radius 3 is 2.81 bits per heavy atom. The molecule has 1 atom stereocenters. The van der Waals surface area contributed by atoms with Gasteiger partial charge in [0.1, 0.15) is 11.6 Å². The van der Waals surface area contributed by atoms with E-state index >= 15 is 0 Å². The number of aromatic nitrogens is 3. The zero-order chi connectivity index (χ0) is 21.8. The summed E-state index contributed by atoms with van der Waals surface area (Å²) in [5, 5.41) is 3.45. The second-order valence-corrected chi connectivity index (χ2v) is 9.76. The summed E-state index contributed by atoms with van der Waals surface area (Å²) in [6.07, 6.45) is 6.99. The highest BCUT2D eigenvalue weighted by Gasteiger charge is 2.37. The van der Waals surface area contributed by atoms with Crippen molar-refractivity contribution < 1.29 is 4.79 Å². The molecule has 31 heavy (non-hydrogen) atoms. The molecular formula is C25H29N5O. The Bertz CT molecular complexity index is 1170. The average Bonchev–Trinajstić information content (AvgIpc) is 3.36. The molecular weight excluding hydrogens is 386 g/mol. The van der Waals surface area contributed by atoms with E-state index in [-0.39, 0.29) is 11.3 Å². The third-order valence-corrected chi connectivity index (χ3v) is 6.30. The minimum atomic E-state index is -0.421. The third-order valence-electron chi connectivity index (χ3n) is 6.30. The van der Waals surface area contributed by atoms with Crippen molar-refractivity contribution >= 4 is 28.5 Å². The number of carbonyl (C=O) groups is 1. The predicted molar refractivity (Wildman–Crippen MR) is 124 cm³/mol. The van der Waals surface area contributed by atoms with Crippen molar-refractivity contribution in [2.75, 3.05) is 11.4 Å². The summed E-state index contributed by atoms with van der Waals surface area (Å²) in [4.78, 5) is 28.1. The van der Waals surface area contributed by atoms with E-state index in [4.69, 9.17) is 4.98 Å². The molecule has 5 rings (SSSR count). The Morgan fingerprint density at radius 2 is 2.06 bits per heavy atom. The van der Waals surface area contributed by atoms with Crippen LogP contribution in [0.25, 0.3) is 16.9 Å². The maximum atomic E-state index is 13.7. The Hall–Kier alpha value is -3.15. The molecule has 1 aromatic carbocycles. The predicted octanol–water partition coefficient (Wildman–Crippen LogP) is 4.40. The van der Waals surface area contributed by atoms with Crippen molar-refractivity contribution in [1.82, 2.24) is 20.3 Å². The second kappa shape index (κ2) is 7.22. The van der Waals surface area contributed by atoms with Gasteiger partial charge in [-0.1, -0.05) is 45.5 Å². The lowest BCUT2D eigenvalue weighted by Gasteiger charge is -2.34. The zero-order valence-corrected chi connectivity index (χ0v) is 18.4. The first-order valence-corrected chi connectivity index (χ1v) is 11.0. The van der Waals surface area contributed by atoms with Crippen molar-refractivity contribution in [2.24, 2.45) is 5.41 Å². The molecule has 0 radical (unpaired) electrons. The highest BCUT2D eigenvalue weighted by Crippen LogP contribution is 2.39. The van der Waals surface area contributed by atoms with Crippen molar-refractivity contribution in [3.8, 4) is 0 Å². The van der Waals surface area contributed by atoms with Gasteiger partial charge in [0.05, 0.1) is 11.9 Å². The van der Waals surface area contributed by atoms with E-state index in [0.29, 0.717) is 18.2 Å². The summed E-state index contributed by atoms with van der Waals surface area (Å²) in [7, 11) is 0. The van der Waals surface area contributed by atoms with Crippen LogP contribution >= 0.6 is 0 Å². The van der Waals surface area contributed by atoms with Crippen molar-refractivity contribution in [3.05, 3.63) is 60.1 Å². The number of carbonyl (C=O) groups excluding carboxylic acids is 1. The van der Waals surface area contributed by atoms with Crippen LogP contribution in [0.1, 0.15) is 56.4 Å². The molecule has 160 valence electrons. The van der Waals surface area contributed by atoms with Crippen LogP contribution in [-0.4, -0.2) is 33.4 Å². The summed E-state index contributed by atoms with van der Waals surface area (Å²) < 4.78 is 0. The number of anilines is 1. The van der Waals surface area contributed by atoms with Crippen LogP contribution in [0.5, 0.6) is 0 Å². The molecule has 3 heterocycles. The molecule has 0 unspecified atom stereocenters. The quantitative estimate of drug-likeness (QED) is 0.648. The number of para-hydroxylation sites is 1. The molecule has 1 aliphatic heterocycles. The smallest absolute Gasteiger partial charge is 0.250 e. The molecule has 3 aromatic rings. The first-order chi connectivity index (χ1) is 14.8. The Balaban J connectivity index is 1.43. The molecule has 2 aliphatic rings. The number of rotatable bonds is 5. The first kappa shape index (κ1) is 19.8. The minimum Gasteiger partial charge on any atom is -0.373 e. The van der Waals surface area contributed by atoms with Gasteiger partial charge in [0.25, 0.3) is 0 Å². The van der Waals surface area contributed by atoms with Gasteiger partial charge in [0.2, 0.25) is 5.91 Å². The Morgan fingerprint density at radius 1 is 1.29 bits per heavy atom. The molecule has 2 aromatic heterocycles. The van der Waals surface area contributed by atoms with E-state index in [1.807, 2.05) is 35.5 Å². The van der Waals surface area contributed by atoms with E-state index < -0.39 is 6.04 Å². The molecule has 0 spiro atoms. The van der Waals surface area contributed by atoms with Gasteiger partial charge in [0.15, 0.2) is 5.65 Å². The SMILES string of the molecule is C=C(N[C@@H](C(=O)N1CCc2ccccc21)C(C)(C)C)c1c[nH]c2ncc(C3CC3)nc12. The summed E-state index contributed by atoms with van der Waals surface area (Å²) >= 11 is 0. The lowest BCUT2D eigenvalue weighted by atomic mass is 9.85. The van der Waals surface area contributed by atoms with Gasteiger partial charge in [-0.3, -0.25) is 4.79 Å². The molecule has 1 amide bonds. The molecule has 1 saturated carbocycles. The van der Waals surface area contributed by atoms with Gasteiger partial charge < -0.3 is 15.2 Å². The zero-order valence-electron chi connectivity index (χ0n) is 18.4. The third kappa shape index (κ3) is 3.60. The van der Waals surface area contributed by atoms with Crippen LogP contribution in [0.15, 0.2) is 43.2 Å². The number of H-pyrrole nitrogens is 1. The van der Waals surface area contributed by atoms with Gasteiger partial charge in [-0.15, -0.1) is 0 Å². The van der Waals surface area contributed by atoms with E-state index in [1.165, 1.54) is 18.4 Å². The van der Waals surface area contributed by atoms with Gasteiger partial charge in [0, 0.05) is 35.6 Å². The number of fused-ring (bicyclic) bond motifs is 2. The fourth-order valence-corrected chi connectivity index (χ4v) is 4.33. The summed E-state index contributed by atoms with van der Waals surface area (Å²) in [5.74, 6) is 0.600. The van der Waals surface area contributed by atoms with Gasteiger partial charge in [-0.2, -0.15) is 0 Å². The fourth-order valence-electron chi connectivity index (χ4n) is 4.33. The first-order valence-electron chi connectivity index (χ1n) is 11.0. The van der Waals surface area contributed by atoms with Crippen LogP contribution in [0, 0.1) is 5.41 Å². The van der Waals surface area contributed by atoms with Gasteiger partial charge in [-0.05, 0) is 36.3 Å². The minimum absolute atomic E-state index is 0.0724. The van der Waals surface area contributed by atoms with Crippen molar-refractivity contribution in [3.63, 3.8) is 0 Å². The molecule has 1 fully saturated rings. The number of hydrogen-bond donors (Lipinski definition) is 2. The molecule has 0 bridgehead atoms. The van der Waals surface area contributed by atoms with Crippen LogP contribution < -0.4 is 10.2 Å². The molecule has 6 nitrogen and oxygen atoms in total. The Kier molecular flexibility index (Phi) is 4.61. The fraction of sp³-hybridized carbons (Fsp3) is 0.400. The van der Waals surface area contributed by atoms with Crippen LogP contribution in [-0.2, 0) is 11.2 Å². The highest BCUT2D eigenvalue weighted by molar-refractivity contribution is 6.00. The topological polar surface area (TPSA) is 73.9 Å². The lowest BCUT2D eigenvalue weighted by Crippen LogP contribution is -2.52. The van der Waals surface area contributed by atoms with E-state index in [2.05, 4.69) is 48.7 Å². The van der Waals surface area contributed by atoms with Gasteiger partial charge >= 0.3 is 0 Å². The monoisotopic (exact) mass is 415 g/mol. The van der Waals surface area contributed by atoms with E-state index in [1.54, 1.807) is 0 Å². The lowest BCUT2D eigenvalue weighted by molar-refractivity contribution is -0.122. The number of benzene rings is 1. The standard InChI is InChI=1S/C25H29N5O/c1-15(18-13-26-23-21(18)29-19(14-27-23)16-9-10-16)28-22(25(2,3)4)24(31)30-12-11-17-7-5-6-8-20(17)30/h5-8,13-14,16,22,28H,1,9-12H2,2-4H3,(H,26,27)/t22-/m0/s1. The molecule has 2 N–H and O–H groups in total. The number of amides is 1. The van der Waals surface area contributed by atoms with Crippen molar-refractivity contribution in [1.29, 1.82) is 0 Å². The summed E-state index contributed by atoms with van der Waals surface area (Å²) in [6.45, 7) is 11.2. The van der Waals surface area contributed by atoms with Crippen LogP contribution in [0.4, 0.5) is 5.69 Å².